The third-order valence-corrected chi connectivity index (χ3v) is 4.59. The van der Waals surface area contributed by atoms with E-state index in [0.717, 1.165) is 0 Å². The monoisotopic (exact) mass is 372 g/mol. The summed E-state index contributed by atoms with van der Waals surface area (Å²) in [4.78, 5) is 28.4. The van der Waals surface area contributed by atoms with Crippen LogP contribution in [-0.2, 0) is 4.79 Å². The topological polar surface area (TPSA) is 49.9 Å². The van der Waals surface area contributed by atoms with E-state index in [0.29, 0.717) is 48.6 Å². The molecule has 1 aliphatic rings. The Morgan fingerprint density at radius 2 is 1.62 bits per heavy atom. The molecule has 0 saturated carbocycles. The molecule has 1 aliphatic heterocycles. The van der Waals surface area contributed by atoms with Crippen LogP contribution >= 0.6 is 23.2 Å². The molecule has 1 heterocycles. The summed E-state index contributed by atoms with van der Waals surface area (Å²) in [5.41, 5.74) is 0.272. The normalized spacial score (nSPS) is 14.9. The van der Waals surface area contributed by atoms with Crippen LogP contribution in [-0.4, -0.2) is 54.9 Å². The molecule has 2 rings (SSSR count). The largest absolute Gasteiger partial charge is 0.494 e. The van der Waals surface area contributed by atoms with E-state index in [2.05, 4.69) is 0 Å². The zero-order valence-electron chi connectivity index (χ0n) is 14.1. The number of hydrogen-bond donors (Lipinski definition) is 0. The summed E-state index contributed by atoms with van der Waals surface area (Å²) in [7, 11) is 1.46. The molecule has 0 aliphatic carbocycles. The summed E-state index contributed by atoms with van der Waals surface area (Å²) in [6, 6.07) is 3.18. The van der Waals surface area contributed by atoms with Crippen LogP contribution in [0.1, 0.15) is 30.6 Å². The van der Waals surface area contributed by atoms with Crippen molar-refractivity contribution in [3.63, 3.8) is 0 Å². The molecule has 2 amide bonds. The van der Waals surface area contributed by atoms with E-state index in [4.69, 9.17) is 27.9 Å². The smallest absolute Gasteiger partial charge is 0.259 e. The van der Waals surface area contributed by atoms with Crippen LogP contribution in [0.25, 0.3) is 0 Å². The Balaban J connectivity index is 2.09. The predicted molar refractivity (Wildman–Crippen MR) is 95.0 cm³/mol. The number of benzene rings is 1. The van der Waals surface area contributed by atoms with Gasteiger partial charge >= 0.3 is 0 Å². The molecule has 1 fully saturated rings. The van der Waals surface area contributed by atoms with Gasteiger partial charge in [-0.15, -0.1) is 0 Å². The van der Waals surface area contributed by atoms with Gasteiger partial charge in [0.15, 0.2) is 5.75 Å². The molecule has 7 heteroatoms. The number of nitrogens with zero attached hydrogens (tertiary/aromatic N) is 2. The minimum Gasteiger partial charge on any atom is -0.494 e. The number of methoxy groups -OCH3 is 1. The fraction of sp³-hybridized carbons (Fsp3) is 0.529. The van der Waals surface area contributed by atoms with Crippen LogP contribution in [0, 0.1) is 5.92 Å². The second-order valence-electron chi connectivity index (χ2n) is 6.21. The minimum absolute atomic E-state index is 0.135. The summed E-state index contributed by atoms with van der Waals surface area (Å²) in [6.45, 7) is 6.02. The molecule has 0 bridgehead atoms. The van der Waals surface area contributed by atoms with Crippen LogP contribution < -0.4 is 4.74 Å². The summed E-state index contributed by atoms with van der Waals surface area (Å²) in [6.07, 6.45) is 0.530. The van der Waals surface area contributed by atoms with Gasteiger partial charge in [0.25, 0.3) is 5.91 Å². The highest BCUT2D eigenvalue weighted by Gasteiger charge is 2.28. The summed E-state index contributed by atoms with van der Waals surface area (Å²) < 4.78 is 5.24. The van der Waals surface area contributed by atoms with Gasteiger partial charge in [-0.25, -0.2) is 0 Å². The zero-order valence-corrected chi connectivity index (χ0v) is 15.7. The lowest BCUT2D eigenvalue weighted by molar-refractivity contribution is -0.133. The van der Waals surface area contributed by atoms with E-state index in [-0.39, 0.29) is 23.1 Å². The van der Waals surface area contributed by atoms with Gasteiger partial charge < -0.3 is 14.5 Å². The number of piperazine rings is 1. The van der Waals surface area contributed by atoms with Crippen LogP contribution in [0.2, 0.25) is 10.0 Å². The first-order valence-electron chi connectivity index (χ1n) is 7.94. The number of ether oxygens (including phenoxy) is 1. The van der Waals surface area contributed by atoms with Crippen molar-refractivity contribution >= 4 is 35.0 Å². The van der Waals surface area contributed by atoms with Gasteiger partial charge in [0.05, 0.1) is 17.2 Å². The molecule has 0 radical (unpaired) electrons. The number of amides is 2. The minimum atomic E-state index is -0.227. The molecule has 1 saturated heterocycles. The van der Waals surface area contributed by atoms with Gasteiger partial charge in [0.2, 0.25) is 5.91 Å². The lowest BCUT2D eigenvalue weighted by atomic mass is 10.1. The average Bonchev–Trinajstić information content (AvgIpc) is 2.55. The summed E-state index contributed by atoms with van der Waals surface area (Å²) >= 11 is 12.3. The van der Waals surface area contributed by atoms with Gasteiger partial charge in [-0.05, 0) is 18.1 Å². The van der Waals surface area contributed by atoms with E-state index < -0.39 is 0 Å². The van der Waals surface area contributed by atoms with E-state index in [1.807, 2.05) is 13.8 Å². The maximum atomic E-state index is 12.8. The number of halogens is 2. The lowest BCUT2D eigenvalue weighted by Crippen LogP contribution is -2.50. The van der Waals surface area contributed by atoms with E-state index in [9.17, 15) is 9.59 Å². The Kier molecular flexibility index (Phi) is 6.35. The highest BCUT2D eigenvalue weighted by Crippen LogP contribution is 2.34. The number of carbonyl (C=O) groups excluding carboxylic acids is 2. The lowest BCUT2D eigenvalue weighted by Gasteiger charge is -2.35. The van der Waals surface area contributed by atoms with Crippen LogP contribution in [0.4, 0.5) is 0 Å². The second kappa shape index (κ2) is 8.08. The third-order valence-electron chi connectivity index (χ3n) is 3.98. The molecular weight excluding hydrogens is 351 g/mol. The number of hydrogen-bond acceptors (Lipinski definition) is 3. The molecule has 24 heavy (non-hydrogen) atoms. The van der Waals surface area contributed by atoms with E-state index in [1.54, 1.807) is 21.9 Å². The van der Waals surface area contributed by atoms with Crippen LogP contribution in [0.5, 0.6) is 5.75 Å². The van der Waals surface area contributed by atoms with Crippen LogP contribution in [0.15, 0.2) is 12.1 Å². The van der Waals surface area contributed by atoms with Gasteiger partial charge in [0, 0.05) is 32.6 Å². The van der Waals surface area contributed by atoms with Gasteiger partial charge in [-0.2, -0.15) is 0 Å². The number of rotatable bonds is 4. The highest BCUT2D eigenvalue weighted by atomic mass is 35.5. The molecular formula is C17H22Cl2N2O3. The summed E-state index contributed by atoms with van der Waals surface area (Å²) in [5.74, 6) is 0.518. The molecule has 0 N–H and O–H groups in total. The van der Waals surface area contributed by atoms with Crippen molar-refractivity contribution in [1.82, 2.24) is 9.80 Å². The first-order valence-corrected chi connectivity index (χ1v) is 8.69. The van der Waals surface area contributed by atoms with Gasteiger partial charge in [-0.3, -0.25) is 9.59 Å². The molecule has 5 nitrogen and oxygen atoms in total. The predicted octanol–water partition coefficient (Wildman–Crippen LogP) is 3.33. The van der Waals surface area contributed by atoms with Crippen LogP contribution in [0.3, 0.4) is 0 Å². The van der Waals surface area contributed by atoms with E-state index in [1.165, 1.54) is 7.11 Å². The first kappa shape index (κ1) is 18.9. The SMILES string of the molecule is COc1c(Cl)ccc(Cl)c1C(=O)N1CCN(C(=O)CC(C)C)CC1. The molecule has 132 valence electrons. The zero-order chi connectivity index (χ0) is 17.9. The Morgan fingerprint density at radius 3 is 2.17 bits per heavy atom. The van der Waals surface area contributed by atoms with Gasteiger partial charge in [0.1, 0.15) is 5.56 Å². The fourth-order valence-corrected chi connectivity index (χ4v) is 3.19. The molecule has 1 aromatic rings. The van der Waals surface area contributed by atoms with Gasteiger partial charge in [-0.1, -0.05) is 37.0 Å². The second-order valence-corrected chi connectivity index (χ2v) is 7.02. The van der Waals surface area contributed by atoms with Crippen molar-refractivity contribution in [2.75, 3.05) is 33.3 Å². The first-order chi connectivity index (χ1) is 11.3. The highest BCUT2D eigenvalue weighted by molar-refractivity contribution is 6.37. The van der Waals surface area contributed by atoms with Crippen molar-refractivity contribution in [3.8, 4) is 5.75 Å². The molecule has 0 aromatic heterocycles. The number of carbonyl (C=O) groups is 2. The Bertz CT molecular complexity index is 627. The molecule has 0 atom stereocenters. The Labute approximate surface area is 152 Å². The van der Waals surface area contributed by atoms with Crippen molar-refractivity contribution < 1.29 is 14.3 Å². The Morgan fingerprint density at radius 1 is 1.08 bits per heavy atom. The summed E-state index contributed by atoms with van der Waals surface area (Å²) in [5, 5.41) is 0.649. The van der Waals surface area contributed by atoms with Crippen molar-refractivity contribution in [2.45, 2.75) is 20.3 Å². The fourth-order valence-electron chi connectivity index (χ4n) is 2.73. The van der Waals surface area contributed by atoms with E-state index >= 15 is 0 Å². The Hall–Kier alpha value is -1.46. The quantitative estimate of drug-likeness (QED) is 0.814. The molecule has 0 spiro atoms. The van der Waals surface area contributed by atoms with Crippen molar-refractivity contribution in [2.24, 2.45) is 5.92 Å². The van der Waals surface area contributed by atoms with Crippen molar-refractivity contribution in [1.29, 1.82) is 0 Å². The maximum Gasteiger partial charge on any atom is 0.259 e. The molecule has 0 unspecified atom stereocenters. The maximum absolute atomic E-state index is 12.8. The third kappa shape index (κ3) is 4.14. The molecule has 1 aromatic carbocycles. The average molecular weight is 373 g/mol. The standard InChI is InChI=1S/C17H22Cl2N2O3/c1-11(2)10-14(22)20-6-8-21(9-7-20)17(23)15-12(18)4-5-13(19)16(15)24-3/h4-5,11H,6-10H2,1-3H3. The van der Waals surface area contributed by atoms with Crippen molar-refractivity contribution in [3.05, 3.63) is 27.7 Å².